The number of rotatable bonds is 1. The monoisotopic (exact) mass is 506 g/mol. The fraction of sp³-hybridized carbons (Fsp3) is 0.143. The Morgan fingerprint density at radius 1 is 0.786 bits per heavy atom. The zero-order chi connectivity index (χ0) is 11.0. The molecule has 0 unspecified atom stereocenters. The Hall–Kier alpha value is 2.01. The third-order valence-electron chi connectivity index (χ3n) is 1.46. The average Bonchev–Trinajstić information content (AvgIpc) is 2.11. The molecule has 0 saturated heterocycles. The Morgan fingerprint density at radius 2 is 1.29 bits per heavy atom. The molecule has 0 bridgehead atoms. The van der Waals surface area contributed by atoms with Crippen molar-refractivity contribution < 1.29 is 0 Å². The van der Waals surface area contributed by atoms with Gasteiger partial charge in [-0.15, -0.1) is 0 Å². The Bertz CT molecular complexity index is 349. The highest BCUT2D eigenvalue weighted by atomic mass is 79.9. The highest BCUT2D eigenvalue weighted by Crippen LogP contribution is 2.49. The summed E-state index contributed by atoms with van der Waals surface area (Å²) in [7, 11) is 0. The third-order valence-corrected chi connectivity index (χ3v) is 6.10. The van der Waals surface area contributed by atoms with Gasteiger partial charge in [0.15, 0.2) is 0 Å². The van der Waals surface area contributed by atoms with E-state index in [1.54, 1.807) is 0 Å². The summed E-state index contributed by atoms with van der Waals surface area (Å²) < 4.78 is 1.37. The van der Waals surface area contributed by atoms with Crippen LogP contribution in [-0.2, 0) is 0 Å². The molecular weight excluding hydrogens is 510 g/mol. The topological polar surface area (TPSA) is 0 Å². The SMILES string of the molecule is Clc1c(Cl)c(Br)c(Br)c(C(Br)Br)c1Cl. The van der Waals surface area contributed by atoms with Crippen LogP contribution in [0, 0.1) is 0 Å². The van der Waals surface area contributed by atoms with Gasteiger partial charge in [0.25, 0.3) is 0 Å². The maximum Gasteiger partial charge on any atom is 0.0972 e. The molecule has 78 valence electrons. The Morgan fingerprint density at radius 3 is 1.71 bits per heavy atom. The van der Waals surface area contributed by atoms with E-state index in [4.69, 9.17) is 34.8 Å². The molecule has 0 radical (unpaired) electrons. The summed E-state index contributed by atoms with van der Waals surface area (Å²) in [5.74, 6) is 0. The molecule has 0 aliphatic rings. The minimum absolute atomic E-state index is 0.0945. The Labute approximate surface area is 130 Å². The molecule has 14 heavy (non-hydrogen) atoms. The van der Waals surface area contributed by atoms with E-state index >= 15 is 0 Å². The summed E-state index contributed by atoms with van der Waals surface area (Å²) in [5.41, 5.74) is 0.799. The lowest BCUT2D eigenvalue weighted by Crippen LogP contribution is -1.89. The van der Waals surface area contributed by atoms with Crippen molar-refractivity contribution in [2.45, 2.75) is 3.74 Å². The van der Waals surface area contributed by atoms with Crippen LogP contribution in [0.3, 0.4) is 0 Å². The first-order valence-corrected chi connectivity index (χ1v) is 7.72. The summed E-state index contributed by atoms with van der Waals surface area (Å²) in [5, 5.41) is 1.15. The lowest BCUT2D eigenvalue weighted by atomic mass is 10.2. The molecule has 0 fully saturated rings. The fourth-order valence-electron chi connectivity index (χ4n) is 0.813. The Kier molecular flexibility index (Phi) is 5.59. The van der Waals surface area contributed by atoms with E-state index < -0.39 is 0 Å². The summed E-state index contributed by atoms with van der Waals surface area (Å²) in [6, 6.07) is 0. The maximum absolute atomic E-state index is 6.04. The van der Waals surface area contributed by atoms with Crippen LogP contribution in [0.2, 0.25) is 15.1 Å². The molecule has 0 aliphatic heterocycles. The van der Waals surface area contributed by atoms with E-state index in [1.165, 1.54) is 0 Å². The zero-order valence-electron chi connectivity index (χ0n) is 6.22. The molecule has 0 saturated carbocycles. The van der Waals surface area contributed by atoms with Crippen molar-refractivity contribution in [3.63, 3.8) is 0 Å². The second-order valence-corrected chi connectivity index (χ2v) is 8.06. The number of benzene rings is 1. The summed E-state index contributed by atoms with van der Waals surface area (Å²) in [6.07, 6.45) is 0. The van der Waals surface area contributed by atoms with Crippen LogP contribution in [0.5, 0.6) is 0 Å². The van der Waals surface area contributed by atoms with Crippen molar-refractivity contribution in [1.82, 2.24) is 0 Å². The first-order chi connectivity index (χ1) is 6.37. The summed E-state index contributed by atoms with van der Waals surface area (Å²) in [4.78, 5) is 0. The van der Waals surface area contributed by atoms with Gasteiger partial charge in [-0.05, 0) is 31.9 Å². The van der Waals surface area contributed by atoms with E-state index in [-0.39, 0.29) is 3.74 Å². The van der Waals surface area contributed by atoms with Crippen molar-refractivity contribution in [2.24, 2.45) is 0 Å². The smallest absolute Gasteiger partial charge is 0.0822 e. The van der Waals surface area contributed by atoms with Gasteiger partial charge in [-0.3, -0.25) is 0 Å². The van der Waals surface area contributed by atoms with E-state index in [9.17, 15) is 0 Å². The average molecular weight is 511 g/mol. The van der Waals surface area contributed by atoms with Crippen molar-refractivity contribution in [1.29, 1.82) is 0 Å². The van der Waals surface area contributed by atoms with Crippen molar-refractivity contribution in [3.8, 4) is 0 Å². The minimum Gasteiger partial charge on any atom is -0.0822 e. The fourth-order valence-corrected chi connectivity index (χ4v) is 4.72. The molecule has 1 aromatic carbocycles. The molecule has 0 amide bonds. The molecule has 0 atom stereocenters. The van der Waals surface area contributed by atoms with Gasteiger partial charge in [0.1, 0.15) is 0 Å². The largest absolute Gasteiger partial charge is 0.0972 e. The second kappa shape index (κ2) is 5.56. The molecule has 0 N–H and O–H groups in total. The first-order valence-electron chi connectivity index (χ1n) is 3.17. The molecule has 0 aromatic heterocycles. The van der Waals surface area contributed by atoms with Crippen molar-refractivity contribution in [3.05, 3.63) is 29.6 Å². The lowest BCUT2D eigenvalue weighted by Gasteiger charge is -2.13. The predicted molar refractivity (Wildman–Crippen MR) is 77.5 cm³/mol. The quantitative estimate of drug-likeness (QED) is 0.217. The number of halogens is 7. The van der Waals surface area contributed by atoms with Gasteiger partial charge in [-0.25, -0.2) is 0 Å². The Balaban J connectivity index is 3.60. The van der Waals surface area contributed by atoms with Gasteiger partial charge in [-0.1, -0.05) is 66.7 Å². The summed E-state index contributed by atoms with van der Waals surface area (Å²) in [6.45, 7) is 0. The van der Waals surface area contributed by atoms with Crippen LogP contribution in [0.4, 0.5) is 0 Å². The van der Waals surface area contributed by atoms with E-state index in [2.05, 4.69) is 63.7 Å². The van der Waals surface area contributed by atoms with Gasteiger partial charge < -0.3 is 0 Å². The standard InChI is InChI=1S/C7HBr4Cl3/c8-2-1(7(10)11)4(12)6(14)5(13)3(2)9/h7H. The molecule has 7 heteroatoms. The van der Waals surface area contributed by atoms with Crippen LogP contribution in [0.1, 0.15) is 9.30 Å². The van der Waals surface area contributed by atoms with Crippen LogP contribution in [0.15, 0.2) is 8.95 Å². The molecule has 0 spiro atoms. The molecule has 0 nitrogen and oxygen atoms in total. The maximum atomic E-state index is 6.04. The van der Waals surface area contributed by atoms with E-state index in [0.29, 0.717) is 19.5 Å². The molecule has 1 rings (SSSR count). The molecule has 0 aliphatic carbocycles. The normalized spacial score (nSPS) is 11.1. The van der Waals surface area contributed by atoms with Crippen LogP contribution >= 0.6 is 98.5 Å². The van der Waals surface area contributed by atoms with Crippen molar-refractivity contribution in [2.75, 3.05) is 0 Å². The third kappa shape index (κ3) is 2.63. The van der Waals surface area contributed by atoms with Crippen LogP contribution < -0.4 is 0 Å². The lowest BCUT2D eigenvalue weighted by molar-refractivity contribution is 1.37. The number of hydrogen-bond donors (Lipinski definition) is 0. The van der Waals surface area contributed by atoms with Gasteiger partial charge in [0.05, 0.1) is 23.3 Å². The minimum atomic E-state index is -0.0945. The van der Waals surface area contributed by atoms with E-state index in [0.717, 1.165) is 10.0 Å². The summed E-state index contributed by atoms with van der Waals surface area (Å²) >= 11 is 31.3. The predicted octanol–water partition coefficient (Wildman–Crippen LogP) is 6.96. The highest BCUT2D eigenvalue weighted by molar-refractivity contribution is 9.24. The first kappa shape index (κ1) is 14.1. The zero-order valence-corrected chi connectivity index (χ0v) is 14.8. The molecule has 1 aromatic rings. The molecular formula is C7HBr4Cl3. The molecule has 0 heterocycles. The van der Waals surface area contributed by atoms with Crippen LogP contribution in [-0.4, -0.2) is 0 Å². The second-order valence-electron chi connectivity index (χ2n) is 2.28. The number of alkyl halides is 2. The van der Waals surface area contributed by atoms with Crippen molar-refractivity contribution >= 4 is 98.5 Å². The van der Waals surface area contributed by atoms with E-state index in [1.807, 2.05) is 0 Å². The number of hydrogen-bond acceptors (Lipinski definition) is 0. The van der Waals surface area contributed by atoms with Gasteiger partial charge in [-0.2, -0.15) is 0 Å². The van der Waals surface area contributed by atoms with Crippen LogP contribution in [0.25, 0.3) is 0 Å². The van der Waals surface area contributed by atoms with Gasteiger partial charge in [0, 0.05) is 10.0 Å². The van der Waals surface area contributed by atoms with Gasteiger partial charge in [0.2, 0.25) is 0 Å². The van der Waals surface area contributed by atoms with Gasteiger partial charge >= 0.3 is 0 Å². The highest BCUT2D eigenvalue weighted by Gasteiger charge is 2.21.